The first-order valence-electron chi connectivity index (χ1n) is 25.7. The van der Waals surface area contributed by atoms with Crippen LogP contribution in [0, 0.1) is 11.8 Å². The first kappa shape index (κ1) is 44.9. The van der Waals surface area contributed by atoms with Gasteiger partial charge in [0.05, 0.1) is 0 Å². The van der Waals surface area contributed by atoms with E-state index in [1.54, 1.807) is 0 Å². The van der Waals surface area contributed by atoms with Crippen molar-refractivity contribution in [3.05, 3.63) is 242 Å². The number of nitrogens with zero attached hydrogens (tertiary/aromatic N) is 3. The van der Waals surface area contributed by atoms with Crippen molar-refractivity contribution in [1.29, 1.82) is 0 Å². The SMILES string of the molecule is CP(C)(=O)c1c2ccccc2c(-c2ccc(C3(c4ccc(-c5nc(-c6ccc(-c7ccccc7-c7ccccc7)cc6)nc(-c6cccc(-c7ccccc7)c6)n5)cc4)CC4CCC3C4)cc2)c2ccccc12. The van der Waals surface area contributed by atoms with Gasteiger partial charge < -0.3 is 4.57 Å². The number of hydrogen-bond donors (Lipinski definition) is 0. The van der Waals surface area contributed by atoms with Gasteiger partial charge >= 0.3 is 0 Å². The average molecular weight is 960 g/mol. The number of rotatable bonds is 10. The van der Waals surface area contributed by atoms with Crippen molar-refractivity contribution in [1.82, 2.24) is 15.0 Å². The summed E-state index contributed by atoms with van der Waals surface area (Å²) in [6, 6.07) is 82.6. The number of hydrogen-bond acceptors (Lipinski definition) is 4. The first-order chi connectivity index (χ1) is 35.8. The van der Waals surface area contributed by atoms with Crippen molar-refractivity contribution in [3.63, 3.8) is 0 Å². The van der Waals surface area contributed by atoms with Gasteiger partial charge in [-0.25, -0.2) is 15.0 Å². The van der Waals surface area contributed by atoms with E-state index in [0.717, 1.165) is 66.7 Å². The maximum Gasteiger partial charge on any atom is 0.164 e. The van der Waals surface area contributed by atoms with Gasteiger partial charge in [0.25, 0.3) is 0 Å². The number of fused-ring (bicyclic) bond motifs is 4. The van der Waals surface area contributed by atoms with Gasteiger partial charge in [0.1, 0.15) is 7.14 Å². The molecule has 352 valence electrons. The molecule has 0 amide bonds. The van der Waals surface area contributed by atoms with Gasteiger partial charge in [0.2, 0.25) is 0 Å². The molecule has 0 saturated heterocycles. The first-order valence-corrected chi connectivity index (χ1v) is 28.3. The molecular weight excluding hydrogens is 906 g/mol. The van der Waals surface area contributed by atoms with Crippen LogP contribution in [0.5, 0.6) is 0 Å². The van der Waals surface area contributed by atoms with Crippen LogP contribution in [0.3, 0.4) is 0 Å². The fourth-order valence-corrected chi connectivity index (χ4v) is 14.2. The highest BCUT2D eigenvalue weighted by Crippen LogP contribution is 2.60. The van der Waals surface area contributed by atoms with E-state index in [1.165, 1.54) is 58.2 Å². The molecule has 2 bridgehead atoms. The van der Waals surface area contributed by atoms with E-state index < -0.39 is 7.14 Å². The van der Waals surface area contributed by atoms with E-state index in [4.69, 9.17) is 15.0 Å². The van der Waals surface area contributed by atoms with Crippen molar-refractivity contribution < 1.29 is 4.57 Å². The summed E-state index contributed by atoms with van der Waals surface area (Å²) in [7, 11) is -2.59. The van der Waals surface area contributed by atoms with E-state index in [1.807, 2.05) is 19.4 Å². The summed E-state index contributed by atoms with van der Waals surface area (Å²) in [5.74, 6) is 3.19. The lowest BCUT2D eigenvalue weighted by Gasteiger charge is -2.39. The second-order valence-electron chi connectivity index (χ2n) is 20.6. The zero-order valence-corrected chi connectivity index (χ0v) is 42.0. The Labute approximate surface area is 427 Å². The van der Waals surface area contributed by atoms with E-state index in [2.05, 4.69) is 224 Å². The van der Waals surface area contributed by atoms with Crippen LogP contribution in [0.1, 0.15) is 36.8 Å². The molecule has 0 aliphatic heterocycles. The Morgan fingerprint density at radius 3 is 1.34 bits per heavy atom. The normalized spacial score (nSPS) is 17.3. The summed E-state index contributed by atoms with van der Waals surface area (Å²) in [4.78, 5) is 15.7. The minimum Gasteiger partial charge on any atom is -0.319 e. The van der Waals surface area contributed by atoms with Crippen molar-refractivity contribution in [2.24, 2.45) is 11.8 Å². The fourth-order valence-electron chi connectivity index (χ4n) is 12.7. The van der Waals surface area contributed by atoms with E-state index in [-0.39, 0.29) is 5.41 Å². The summed E-state index contributed by atoms with van der Waals surface area (Å²) >= 11 is 0. The molecule has 1 heterocycles. The minimum atomic E-state index is -2.59. The predicted octanol–water partition coefficient (Wildman–Crippen LogP) is 17.2. The van der Waals surface area contributed by atoms with Gasteiger partial charge in [-0.3, -0.25) is 0 Å². The van der Waals surface area contributed by atoms with E-state index in [0.29, 0.717) is 29.3 Å². The van der Waals surface area contributed by atoms with Crippen LogP contribution >= 0.6 is 7.14 Å². The van der Waals surface area contributed by atoms with E-state index in [9.17, 15) is 4.57 Å². The van der Waals surface area contributed by atoms with Crippen LogP contribution in [0.2, 0.25) is 0 Å². The maximum atomic E-state index is 13.9. The molecule has 4 nitrogen and oxygen atoms in total. The average Bonchev–Trinajstić information content (AvgIpc) is 4.08. The molecule has 10 aromatic carbocycles. The molecule has 2 fully saturated rings. The van der Waals surface area contributed by atoms with Gasteiger partial charge in [0.15, 0.2) is 17.5 Å². The minimum absolute atomic E-state index is 0.0980. The van der Waals surface area contributed by atoms with E-state index >= 15 is 0 Å². The number of aromatic nitrogens is 3. The Bertz CT molecular complexity index is 3850. The highest BCUT2D eigenvalue weighted by molar-refractivity contribution is 7.71. The largest absolute Gasteiger partial charge is 0.319 e. The molecule has 2 saturated carbocycles. The quantitative estimate of drug-likeness (QED) is 0.101. The topological polar surface area (TPSA) is 55.7 Å². The summed E-state index contributed by atoms with van der Waals surface area (Å²) in [5, 5.41) is 5.42. The van der Waals surface area contributed by atoms with Crippen LogP contribution in [-0.2, 0) is 9.98 Å². The predicted molar refractivity (Wildman–Crippen MR) is 305 cm³/mol. The molecule has 73 heavy (non-hydrogen) atoms. The molecule has 0 spiro atoms. The number of benzene rings is 10. The fraction of sp³-hybridized carbons (Fsp3) is 0.132. The lowest BCUT2D eigenvalue weighted by molar-refractivity contribution is 0.320. The van der Waals surface area contributed by atoms with Crippen LogP contribution < -0.4 is 5.30 Å². The molecule has 3 atom stereocenters. The Kier molecular flexibility index (Phi) is 11.2. The summed E-state index contributed by atoms with van der Waals surface area (Å²) in [6.45, 7) is 3.80. The van der Waals surface area contributed by atoms with Crippen LogP contribution in [0.15, 0.2) is 231 Å². The molecule has 2 aliphatic rings. The van der Waals surface area contributed by atoms with Gasteiger partial charge in [-0.2, -0.15) is 0 Å². The Hall–Kier alpha value is -8.04. The zero-order chi connectivity index (χ0) is 49.1. The van der Waals surface area contributed by atoms with Crippen molar-refractivity contribution in [2.75, 3.05) is 13.3 Å². The summed E-state index contributed by atoms with van der Waals surface area (Å²) in [5.41, 5.74) is 14.8. The third-order valence-electron chi connectivity index (χ3n) is 16.0. The molecule has 1 aromatic heterocycles. The molecule has 0 radical (unpaired) electrons. The monoisotopic (exact) mass is 959 g/mol. The van der Waals surface area contributed by atoms with Crippen LogP contribution in [0.4, 0.5) is 0 Å². The second kappa shape index (κ2) is 18.2. The molecular formula is C68H54N3OP. The van der Waals surface area contributed by atoms with Gasteiger partial charge in [0, 0.05) is 27.4 Å². The standard InChI is InChI=1S/C68H54N3OP/c1-73(2,72)64-61-26-13-11-24-59(61)63(60-25-12-14-27-62(60)64)49-33-38-54(39-34-49)68(44-45-28-37-56(68)42-45)55-40-35-51(36-41-55)66-69-65(70-67(71-66)53-21-15-20-52(43-53)46-16-5-3-6-17-46)50-31-29-48(30-32-50)58-23-10-9-22-57(58)47-18-7-4-8-19-47/h3-27,29-36,38-41,43,45,56H,28,37,42,44H2,1-2H3. The van der Waals surface area contributed by atoms with Gasteiger partial charge in [-0.05, 0) is 128 Å². The van der Waals surface area contributed by atoms with Crippen LogP contribution in [-0.4, -0.2) is 28.3 Å². The van der Waals surface area contributed by atoms with Crippen LogP contribution in [0.25, 0.3) is 100 Å². The molecule has 13 rings (SSSR count). The smallest absolute Gasteiger partial charge is 0.164 e. The van der Waals surface area contributed by atoms with Gasteiger partial charge in [-0.1, -0.05) is 231 Å². The molecule has 11 aromatic rings. The zero-order valence-electron chi connectivity index (χ0n) is 41.1. The Balaban J connectivity index is 0.888. The lowest BCUT2D eigenvalue weighted by atomic mass is 9.64. The van der Waals surface area contributed by atoms with Crippen molar-refractivity contribution in [3.8, 4) is 78.7 Å². The highest BCUT2D eigenvalue weighted by Gasteiger charge is 2.52. The second-order valence-corrected chi connectivity index (χ2v) is 23.8. The highest BCUT2D eigenvalue weighted by atomic mass is 31.2. The maximum absolute atomic E-state index is 13.9. The van der Waals surface area contributed by atoms with Gasteiger partial charge in [-0.15, -0.1) is 0 Å². The van der Waals surface area contributed by atoms with Crippen molar-refractivity contribution >= 4 is 34.0 Å². The molecule has 2 aliphatic carbocycles. The molecule has 0 N–H and O–H groups in total. The Morgan fingerprint density at radius 2 is 0.822 bits per heavy atom. The molecule has 3 unspecified atom stereocenters. The summed E-state index contributed by atoms with van der Waals surface area (Å²) < 4.78 is 13.9. The third-order valence-corrected chi connectivity index (χ3v) is 17.5. The third kappa shape index (κ3) is 8.02. The molecule has 5 heteroatoms. The lowest BCUT2D eigenvalue weighted by Crippen LogP contribution is -2.34. The van der Waals surface area contributed by atoms with Crippen molar-refractivity contribution in [2.45, 2.75) is 31.1 Å². The summed E-state index contributed by atoms with van der Waals surface area (Å²) in [6.07, 6.45) is 4.93. The Morgan fingerprint density at radius 1 is 0.397 bits per heavy atom.